The second kappa shape index (κ2) is 5.48. The number of hydrogen-bond donors (Lipinski definition) is 1. The maximum atomic E-state index is 13.1. The van der Waals surface area contributed by atoms with Gasteiger partial charge in [0.1, 0.15) is 17.6 Å². The molecule has 1 aromatic carbocycles. The van der Waals surface area contributed by atoms with Crippen LogP contribution in [0.3, 0.4) is 0 Å². The van der Waals surface area contributed by atoms with E-state index in [1.54, 1.807) is 24.4 Å². The summed E-state index contributed by atoms with van der Waals surface area (Å²) in [5, 5.41) is 12.1. The Kier molecular flexibility index (Phi) is 3.75. The van der Waals surface area contributed by atoms with Crippen LogP contribution in [0.4, 0.5) is 10.1 Å². The van der Waals surface area contributed by atoms with Crippen LogP contribution in [0.15, 0.2) is 36.5 Å². The molecule has 0 saturated carbocycles. The molecule has 1 heterocycles. The summed E-state index contributed by atoms with van der Waals surface area (Å²) in [6, 6.07) is 9.66. The highest BCUT2D eigenvalue weighted by atomic mass is 35.5. The molecule has 0 bridgehead atoms. The fourth-order valence-electron chi connectivity index (χ4n) is 1.51. The van der Waals surface area contributed by atoms with E-state index in [-0.39, 0.29) is 0 Å². The number of hydrogen-bond acceptors (Lipinski definition) is 3. The first-order chi connectivity index (χ1) is 8.67. The van der Waals surface area contributed by atoms with Gasteiger partial charge in [-0.15, -0.1) is 0 Å². The Morgan fingerprint density at radius 3 is 2.89 bits per heavy atom. The molecule has 0 aliphatic heterocycles. The van der Waals surface area contributed by atoms with Crippen molar-refractivity contribution in [1.29, 1.82) is 5.26 Å². The van der Waals surface area contributed by atoms with Crippen LogP contribution in [0.1, 0.15) is 11.3 Å². The molecule has 1 N–H and O–H groups in total. The third-order valence-corrected chi connectivity index (χ3v) is 2.52. The van der Waals surface area contributed by atoms with E-state index < -0.39 is 5.82 Å². The maximum absolute atomic E-state index is 13.1. The second-order valence-corrected chi connectivity index (χ2v) is 4.11. The smallest absolute Gasteiger partial charge is 0.140 e. The average molecular weight is 262 g/mol. The molecule has 5 heteroatoms. The van der Waals surface area contributed by atoms with Gasteiger partial charge in [0, 0.05) is 23.5 Å². The van der Waals surface area contributed by atoms with Crippen molar-refractivity contribution in [2.24, 2.45) is 0 Å². The number of benzene rings is 1. The number of nitriles is 1. The normalized spacial score (nSPS) is 9.83. The predicted molar refractivity (Wildman–Crippen MR) is 67.7 cm³/mol. The third kappa shape index (κ3) is 3.19. The number of rotatable bonds is 3. The molecule has 0 aliphatic rings. The van der Waals surface area contributed by atoms with E-state index in [1.165, 1.54) is 12.1 Å². The van der Waals surface area contributed by atoms with Crippen LogP contribution in [0.25, 0.3) is 0 Å². The molecule has 2 aromatic rings. The molecule has 3 nitrogen and oxygen atoms in total. The van der Waals surface area contributed by atoms with Gasteiger partial charge in [-0.2, -0.15) is 5.26 Å². The highest BCUT2D eigenvalue weighted by Crippen LogP contribution is 2.18. The summed E-state index contributed by atoms with van der Waals surface area (Å²) in [7, 11) is 0. The minimum absolute atomic E-state index is 0.338. The summed E-state index contributed by atoms with van der Waals surface area (Å²) in [6.45, 7) is 0.469. The van der Waals surface area contributed by atoms with Gasteiger partial charge >= 0.3 is 0 Å². The van der Waals surface area contributed by atoms with Crippen molar-refractivity contribution >= 4 is 17.3 Å². The number of anilines is 1. The minimum atomic E-state index is -0.391. The highest BCUT2D eigenvalue weighted by Gasteiger charge is 2.00. The van der Waals surface area contributed by atoms with Gasteiger partial charge in [0.05, 0.1) is 0 Å². The number of halogens is 2. The fourth-order valence-corrected chi connectivity index (χ4v) is 1.73. The Bertz CT molecular complexity index is 587. The molecule has 0 spiro atoms. The molecule has 0 radical (unpaired) electrons. The van der Waals surface area contributed by atoms with Gasteiger partial charge in [-0.05, 0) is 35.9 Å². The first-order valence-electron chi connectivity index (χ1n) is 5.22. The number of nitrogens with one attached hydrogen (secondary N) is 1. The molecule has 0 aliphatic carbocycles. The number of pyridine rings is 1. The summed E-state index contributed by atoms with van der Waals surface area (Å²) >= 11 is 5.75. The van der Waals surface area contributed by atoms with E-state index in [1.807, 2.05) is 6.07 Å². The molecular weight excluding hydrogens is 253 g/mol. The van der Waals surface area contributed by atoms with Crippen molar-refractivity contribution in [3.63, 3.8) is 0 Å². The lowest BCUT2D eigenvalue weighted by Gasteiger charge is -2.07. The quantitative estimate of drug-likeness (QED) is 0.922. The molecule has 18 heavy (non-hydrogen) atoms. The summed E-state index contributed by atoms with van der Waals surface area (Å²) in [5.74, 6) is -0.391. The summed E-state index contributed by atoms with van der Waals surface area (Å²) in [4.78, 5) is 3.87. The maximum Gasteiger partial charge on any atom is 0.140 e. The van der Waals surface area contributed by atoms with Crippen molar-refractivity contribution in [3.05, 3.63) is 58.6 Å². The van der Waals surface area contributed by atoms with Crippen LogP contribution in [0, 0.1) is 17.1 Å². The van der Waals surface area contributed by atoms with Gasteiger partial charge in [-0.3, -0.25) is 0 Å². The Hall–Kier alpha value is -2.12. The molecule has 0 saturated heterocycles. The molecule has 0 fully saturated rings. The van der Waals surface area contributed by atoms with Crippen LogP contribution in [0.2, 0.25) is 5.02 Å². The van der Waals surface area contributed by atoms with E-state index in [2.05, 4.69) is 10.3 Å². The zero-order valence-corrected chi connectivity index (χ0v) is 10.1. The Morgan fingerprint density at radius 1 is 1.33 bits per heavy atom. The van der Waals surface area contributed by atoms with Crippen LogP contribution in [0.5, 0.6) is 0 Å². The van der Waals surface area contributed by atoms with Crippen molar-refractivity contribution < 1.29 is 4.39 Å². The summed E-state index contributed by atoms with van der Waals surface area (Å²) in [6.07, 6.45) is 1.56. The van der Waals surface area contributed by atoms with E-state index in [0.717, 1.165) is 5.56 Å². The number of aromatic nitrogens is 1. The van der Waals surface area contributed by atoms with Crippen LogP contribution in [-0.2, 0) is 6.54 Å². The van der Waals surface area contributed by atoms with Crippen LogP contribution in [-0.4, -0.2) is 4.98 Å². The average Bonchev–Trinajstić information content (AvgIpc) is 2.35. The molecule has 1 aromatic heterocycles. The number of nitrogens with zero attached hydrogens (tertiary/aromatic N) is 2. The molecular formula is C13H9ClFN3. The third-order valence-electron chi connectivity index (χ3n) is 2.30. The largest absolute Gasteiger partial charge is 0.381 e. The monoisotopic (exact) mass is 261 g/mol. The second-order valence-electron chi connectivity index (χ2n) is 3.67. The van der Waals surface area contributed by atoms with Crippen molar-refractivity contribution in [3.8, 4) is 6.07 Å². The lowest BCUT2D eigenvalue weighted by molar-refractivity contribution is 0.628. The zero-order chi connectivity index (χ0) is 13.0. The van der Waals surface area contributed by atoms with Crippen molar-refractivity contribution in [2.45, 2.75) is 6.54 Å². The lowest BCUT2D eigenvalue weighted by atomic mass is 10.2. The van der Waals surface area contributed by atoms with Gasteiger partial charge < -0.3 is 5.32 Å². The minimum Gasteiger partial charge on any atom is -0.381 e. The van der Waals surface area contributed by atoms with E-state index >= 15 is 0 Å². The summed E-state index contributed by atoms with van der Waals surface area (Å²) in [5.41, 5.74) is 1.84. The van der Waals surface area contributed by atoms with E-state index in [4.69, 9.17) is 16.9 Å². The first-order valence-corrected chi connectivity index (χ1v) is 5.60. The zero-order valence-electron chi connectivity index (χ0n) is 9.32. The van der Waals surface area contributed by atoms with Gasteiger partial charge in [0.2, 0.25) is 0 Å². The van der Waals surface area contributed by atoms with Gasteiger partial charge in [-0.1, -0.05) is 11.6 Å². The molecule has 2 rings (SSSR count). The van der Waals surface area contributed by atoms with E-state index in [9.17, 15) is 4.39 Å². The van der Waals surface area contributed by atoms with Crippen LogP contribution >= 0.6 is 11.6 Å². The van der Waals surface area contributed by atoms with Crippen molar-refractivity contribution in [2.75, 3.05) is 5.32 Å². The molecule has 0 unspecified atom stereocenters. The Morgan fingerprint density at radius 2 is 2.17 bits per heavy atom. The summed E-state index contributed by atoms with van der Waals surface area (Å²) < 4.78 is 13.1. The molecule has 0 amide bonds. The van der Waals surface area contributed by atoms with E-state index in [0.29, 0.717) is 22.9 Å². The predicted octanol–water partition coefficient (Wildman–Crippen LogP) is 3.36. The molecule has 90 valence electrons. The van der Waals surface area contributed by atoms with Gasteiger partial charge in [0.15, 0.2) is 0 Å². The van der Waals surface area contributed by atoms with Gasteiger partial charge in [0.25, 0.3) is 0 Å². The lowest BCUT2D eigenvalue weighted by Crippen LogP contribution is -2.00. The first kappa shape index (κ1) is 12.3. The molecule has 0 atom stereocenters. The Balaban J connectivity index is 2.09. The van der Waals surface area contributed by atoms with Gasteiger partial charge in [-0.25, -0.2) is 9.37 Å². The Labute approximate surface area is 109 Å². The topological polar surface area (TPSA) is 48.7 Å². The van der Waals surface area contributed by atoms with Crippen molar-refractivity contribution in [1.82, 2.24) is 4.98 Å². The highest BCUT2D eigenvalue weighted by molar-refractivity contribution is 6.30. The SMILES string of the molecule is N#Cc1cc(CNc2cc(F)cc(Cl)c2)ccn1. The standard InChI is InChI=1S/C13H9ClFN3/c14-10-4-11(15)6-12(5-10)18-8-9-1-2-17-13(3-9)7-16/h1-6,18H,8H2. The van der Waals surface area contributed by atoms with Crippen LogP contribution < -0.4 is 5.32 Å². The fraction of sp³-hybridized carbons (Fsp3) is 0.0769.